The maximum atomic E-state index is 13.2. The number of rotatable bonds is 18. The first-order valence-corrected chi connectivity index (χ1v) is 21.7. The summed E-state index contributed by atoms with van der Waals surface area (Å²) in [7, 11) is 0. The van der Waals surface area contributed by atoms with Gasteiger partial charge in [-0.3, -0.25) is 49.1 Å². The number of piperidine rings is 1. The second-order valence-corrected chi connectivity index (χ2v) is 16.0. The largest absolute Gasteiger partial charge is 0.463 e. The Kier molecular flexibility index (Phi) is 13.5. The van der Waals surface area contributed by atoms with Crippen LogP contribution in [0.15, 0.2) is 126 Å². The van der Waals surface area contributed by atoms with E-state index in [9.17, 15) is 38.9 Å². The molecule has 1 atom stereocenters. The van der Waals surface area contributed by atoms with E-state index < -0.39 is 34.6 Å². The summed E-state index contributed by atoms with van der Waals surface area (Å²) in [5.41, 5.74) is 6.15. The number of anilines is 2. The second kappa shape index (κ2) is 20.1. The molecule has 66 heavy (non-hydrogen) atoms. The number of aromatic nitrogens is 1. The molecule has 0 aliphatic carbocycles. The van der Waals surface area contributed by atoms with Gasteiger partial charge in [0, 0.05) is 59.7 Å². The Morgan fingerprint density at radius 1 is 0.697 bits per heavy atom. The minimum absolute atomic E-state index is 0.0189. The summed E-state index contributed by atoms with van der Waals surface area (Å²) in [6.45, 7) is 1.22. The van der Waals surface area contributed by atoms with Gasteiger partial charge in [0.15, 0.2) is 5.76 Å². The summed E-state index contributed by atoms with van der Waals surface area (Å²) in [5.74, 6) is -2.06. The van der Waals surface area contributed by atoms with Gasteiger partial charge in [-0.1, -0.05) is 37.8 Å². The molecule has 2 aromatic heterocycles. The van der Waals surface area contributed by atoms with Crippen molar-refractivity contribution in [1.29, 1.82) is 0 Å². The summed E-state index contributed by atoms with van der Waals surface area (Å²) >= 11 is 0. The topological polar surface area (TPSA) is 223 Å². The van der Waals surface area contributed by atoms with E-state index in [1.165, 1.54) is 12.1 Å². The predicted molar refractivity (Wildman–Crippen MR) is 245 cm³/mol. The SMILES string of the molecule is O=C1CCC(N2C(=O)c3ccc(NCCCCCCCCNC(=O)c4ccc(NC(=O)c5ccc(-c6cc(-c7ccc([N+](=O)[O-])cc7)nc(-c7ccco7)c6)cc5)cc4)cc3C2=O)C(=O)N1. The smallest absolute Gasteiger partial charge is 0.269 e. The summed E-state index contributed by atoms with van der Waals surface area (Å²) < 4.78 is 5.61. The van der Waals surface area contributed by atoms with E-state index in [-0.39, 0.29) is 41.5 Å². The lowest BCUT2D eigenvalue weighted by Gasteiger charge is -2.27. The molecular weight excluding hydrogens is 843 g/mol. The van der Waals surface area contributed by atoms with Crippen LogP contribution in [-0.2, 0) is 9.59 Å². The molecule has 2 aliphatic rings. The highest BCUT2D eigenvalue weighted by molar-refractivity contribution is 6.23. The molecule has 4 heterocycles. The van der Waals surface area contributed by atoms with Crippen molar-refractivity contribution in [1.82, 2.24) is 20.5 Å². The number of fused-ring (bicyclic) bond motifs is 1. The Morgan fingerprint density at radius 2 is 1.33 bits per heavy atom. The average Bonchev–Trinajstić information content (AvgIpc) is 3.96. The van der Waals surface area contributed by atoms with Crippen LogP contribution in [0.1, 0.15) is 92.8 Å². The molecule has 0 radical (unpaired) electrons. The van der Waals surface area contributed by atoms with Crippen molar-refractivity contribution < 1.29 is 38.1 Å². The molecule has 4 aromatic carbocycles. The third-order valence-corrected chi connectivity index (χ3v) is 11.5. The number of hydrogen-bond donors (Lipinski definition) is 4. The number of carbonyl (C=O) groups excluding carboxylic acids is 6. The lowest BCUT2D eigenvalue weighted by Crippen LogP contribution is -2.54. The lowest BCUT2D eigenvalue weighted by atomic mass is 10.00. The first-order chi connectivity index (χ1) is 32.0. The van der Waals surface area contributed by atoms with Gasteiger partial charge in [0.2, 0.25) is 11.8 Å². The minimum Gasteiger partial charge on any atom is -0.463 e. The van der Waals surface area contributed by atoms with E-state index in [1.54, 1.807) is 85.1 Å². The van der Waals surface area contributed by atoms with Crippen LogP contribution in [0.3, 0.4) is 0 Å². The molecule has 334 valence electrons. The van der Waals surface area contributed by atoms with Crippen molar-refractivity contribution in [3.8, 4) is 33.8 Å². The average molecular weight is 888 g/mol. The lowest BCUT2D eigenvalue weighted by molar-refractivity contribution is -0.384. The number of nitro groups is 1. The van der Waals surface area contributed by atoms with Crippen molar-refractivity contribution in [2.24, 2.45) is 0 Å². The highest BCUT2D eigenvalue weighted by Gasteiger charge is 2.44. The van der Waals surface area contributed by atoms with Gasteiger partial charge in [0.05, 0.1) is 28.0 Å². The number of unbranched alkanes of at least 4 members (excludes halogenated alkanes) is 5. The van der Waals surface area contributed by atoms with E-state index in [4.69, 9.17) is 9.40 Å². The zero-order valence-electron chi connectivity index (χ0n) is 35.7. The molecule has 8 rings (SSSR count). The Bertz CT molecular complexity index is 2810. The van der Waals surface area contributed by atoms with Gasteiger partial charge in [-0.05, 0) is 121 Å². The first kappa shape index (κ1) is 44.3. The van der Waals surface area contributed by atoms with Gasteiger partial charge in [0.25, 0.3) is 29.3 Å². The number of nitro benzene ring substituents is 1. The zero-order valence-corrected chi connectivity index (χ0v) is 35.7. The molecular formula is C50H45N7O9. The fourth-order valence-electron chi connectivity index (χ4n) is 7.95. The number of non-ortho nitro benzene ring substituents is 1. The normalized spacial score (nSPS) is 14.4. The fraction of sp³-hybridized carbons (Fsp3) is 0.220. The third-order valence-electron chi connectivity index (χ3n) is 11.5. The van der Waals surface area contributed by atoms with Crippen LogP contribution in [0.2, 0.25) is 0 Å². The molecule has 1 saturated heterocycles. The minimum atomic E-state index is -0.995. The van der Waals surface area contributed by atoms with Gasteiger partial charge in [-0.2, -0.15) is 0 Å². The van der Waals surface area contributed by atoms with E-state index in [0.717, 1.165) is 54.6 Å². The highest BCUT2D eigenvalue weighted by Crippen LogP contribution is 2.32. The van der Waals surface area contributed by atoms with E-state index in [0.29, 0.717) is 58.3 Å². The molecule has 1 fully saturated rings. The zero-order chi connectivity index (χ0) is 46.2. The van der Waals surface area contributed by atoms with E-state index in [2.05, 4.69) is 21.3 Å². The van der Waals surface area contributed by atoms with Crippen molar-refractivity contribution in [3.05, 3.63) is 154 Å². The molecule has 6 amide bonds. The van der Waals surface area contributed by atoms with Gasteiger partial charge >= 0.3 is 0 Å². The van der Waals surface area contributed by atoms with Gasteiger partial charge < -0.3 is 20.4 Å². The quantitative estimate of drug-likeness (QED) is 0.0277. The van der Waals surface area contributed by atoms with Crippen LogP contribution in [0.4, 0.5) is 17.1 Å². The molecule has 1 unspecified atom stereocenters. The maximum Gasteiger partial charge on any atom is 0.269 e. The number of pyridine rings is 1. The number of carbonyl (C=O) groups is 6. The maximum absolute atomic E-state index is 13.2. The van der Waals surface area contributed by atoms with Crippen LogP contribution >= 0.6 is 0 Å². The Balaban J connectivity index is 0.736. The number of furan rings is 1. The second-order valence-electron chi connectivity index (χ2n) is 16.0. The summed E-state index contributed by atoms with van der Waals surface area (Å²) in [6, 6.07) is 31.3. The number of hydrogen-bond acceptors (Lipinski definition) is 11. The number of benzene rings is 4. The number of nitrogens with one attached hydrogen (secondary N) is 4. The molecule has 4 N–H and O–H groups in total. The van der Waals surface area contributed by atoms with Crippen molar-refractivity contribution >= 4 is 52.5 Å². The highest BCUT2D eigenvalue weighted by atomic mass is 16.6. The van der Waals surface area contributed by atoms with Crippen LogP contribution in [0.5, 0.6) is 0 Å². The monoisotopic (exact) mass is 887 g/mol. The van der Waals surface area contributed by atoms with Crippen molar-refractivity contribution in [2.75, 3.05) is 23.7 Å². The van der Waals surface area contributed by atoms with Crippen molar-refractivity contribution in [3.63, 3.8) is 0 Å². The molecule has 2 aliphatic heterocycles. The Labute approximate surface area is 379 Å². The van der Waals surface area contributed by atoms with Gasteiger partial charge in [0.1, 0.15) is 11.7 Å². The molecule has 6 aromatic rings. The summed E-state index contributed by atoms with van der Waals surface area (Å²) in [5, 5.41) is 22.5. The molecule has 16 heteroatoms. The van der Waals surface area contributed by atoms with E-state index >= 15 is 0 Å². The van der Waals surface area contributed by atoms with E-state index in [1.807, 2.05) is 24.3 Å². The van der Waals surface area contributed by atoms with Crippen LogP contribution in [0.25, 0.3) is 33.8 Å². The van der Waals surface area contributed by atoms with Crippen LogP contribution in [-0.4, -0.2) is 69.4 Å². The van der Waals surface area contributed by atoms with Crippen molar-refractivity contribution in [2.45, 2.75) is 57.4 Å². The number of imide groups is 2. The van der Waals surface area contributed by atoms with Crippen LogP contribution < -0.4 is 21.3 Å². The number of nitrogens with zero attached hydrogens (tertiary/aromatic N) is 3. The third kappa shape index (κ3) is 10.2. The van der Waals surface area contributed by atoms with Gasteiger partial charge in [-0.15, -0.1) is 0 Å². The number of amides is 6. The Morgan fingerprint density at radius 3 is 2.03 bits per heavy atom. The summed E-state index contributed by atoms with van der Waals surface area (Å²) in [4.78, 5) is 92.3. The fourth-order valence-corrected chi connectivity index (χ4v) is 7.95. The van der Waals surface area contributed by atoms with Crippen LogP contribution in [0, 0.1) is 10.1 Å². The standard InChI is InChI=1S/C50H45N7O9/c58-45-24-23-43(48(61)55-45)56-49(62)39-22-19-37(30-40(39)50(56)63)51-25-5-3-1-2-4-6-26-52-46(59)33-13-17-36(18-14-33)53-47(60)34-11-9-31(10-12-34)35-28-41(32-15-20-38(21-16-32)57(64)65)54-42(29-35)44-8-7-27-66-44/h7-22,27-30,43,51H,1-6,23-26H2,(H,52,59)(H,53,60)(H,55,58,61). The molecule has 16 nitrogen and oxygen atoms in total. The van der Waals surface area contributed by atoms with Gasteiger partial charge in [-0.25, -0.2) is 4.98 Å². The first-order valence-electron chi connectivity index (χ1n) is 21.7. The predicted octanol–water partition coefficient (Wildman–Crippen LogP) is 8.42. The molecule has 0 bridgehead atoms. The summed E-state index contributed by atoms with van der Waals surface area (Å²) in [6.07, 6.45) is 7.47. The molecule has 0 spiro atoms. The Hall–Kier alpha value is -8.27. The molecule has 0 saturated carbocycles.